The van der Waals surface area contributed by atoms with Crippen LogP contribution in [0.3, 0.4) is 0 Å². The summed E-state index contributed by atoms with van der Waals surface area (Å²) in [4.78, 5) is 29.3. The number of hydrogen-bond acceptors (Lipinski definition) is 7. The van der Waals surface area contributed by atoms with Gasteiger partial charge in [-0.05, 0) is 42.5 Å². The minimum Gasteiger partial charge on any atom is -0.493 e. The maximum atomic E-state index is 13.5. The summed E-state index contributed by atoms with van der Waals surface area (Å²) in [5, 5.41) is 16.4. The molecular formula is C30H19Br2F3N4O5. The van der Waals surface area contributed by atoms with E-state index < -0.39 is 27.9 Å². The van der Waals surface area contributed by atoms with Crippen LogP contribution in [-0.2, 0) is 12.8 Å². The zero-order chi connectivity index (χ0) is 31.6. The molecule has 224 valence electrons. The van der Waals surface area contributed by atoms with Crippen molar-refractivity contribution in [2.24, 2.45) is 5.10 Å². The Balaban J connectivity index is 1.59. The van der Waals surface area contributed by atoms with Gasteiger partial charge >= 0.3 is 11.9 Å². The van der Waals surface area contributed by atoms with Crippen LogP contribution in [0.5, 0.6) is 11.5 Å². The van der Waals surface area contributed by atoms with Crippen molar-refractivity contribution in [3.05, 3.63) is 125 Å². The first-order chi connectivity index (χ1) is 21.0. The quantitative estimate of drug-likeness (QED) is 0.0910. The molecule has 9 nitrogen and oxygen atoms in total. The highest BCUT2D eigenvalue weighted by Crippen LogP contribution is 2.39. The number of aromatic nitrogens is 2. The molecule has 0 aliphatic carbocycles. The largest absolute Gasteiger partial charge is 0.493 e. The van der Waals surface area contributed by atoms with Crippen molar-refractivity contribution in [3.8, 4) is 22.9 Å². The lowest BCUT2D eigenvalue weighted by molar-refractivity contribution is -0.386. The van der Waals surface area contributed by atoms with Gasteiger partial charge in [0.2, 0.25) is 5.75 Å². The van der Waals surface area contributed by atoms with E-state index in [0.29, 0.717) is 0 Å². The van der Waals surface area contributed by atoms with E-state index in [2.05, 4.69) is 41.9 Å². The van der Waals surface area contributed by atoms with Crippen molar-refractivity contribution >= 4 is 54.7 Å². The molecule has 0 unspecified atom stereocenters. The molecule has 1 aromatic heterocycles. The molecule has 0 aliphatic rings. The van der Waals surface area contributed by atoms with Gasteiger partial charge in [0.1, 0.15) is 6.61 Å². The predicted octanol–water partition coefficient (Wildman–Crippen LogP) is 7.99. The molecule has 0 N–H and O–H groups in total. The van der Waals surface area contributed by atoms with Gasteiger partial charge in [-0.2, -0.15) is 22.9 Å². The van der Waals surface area contributed by atoms with E-state index in [-0.39, 0.29) is 46.0 Å². The number of fused-ring (bicyclic) bond motifs is 1. The third-order valence-electron chi connectivity index (χ3n) is 6.39. The topological polar surface area (TPSA) is 109 Å². The molecule has 1 heterocycles. The van der Waals surface area contributed by atoms with Crippen LogP contribution < -0.4 is 15.0 Å². The molecule has 4 aromatic carbocycles. The maximum Gasteiger partial charge on any atom is 0.416 e. The number of rotatable bonds is 8. The number of para-hydroxylation sites is 1. The smallest absolute Gasteiger partial charge is 0.416 e. The number of ether oxygens (including phenoxy) is 2. The molecule has 0 bridgehead atoms. The standard InChI is InChI=1S/C30H19Br2F3N4O5/c1-43-26-12-17(11-25(39(41)42)27(26)44-16-19-9-10-21(31)14-23(19)32)15-36-38-28(18-5-4-6-20(13-18)30(33,34)35)37-24-8-3-2-7-22(24)29(38)40/h2-15H,16H2,1H3. The van der Waals surface area contributed by atoms with Crippen molar-refractivity contribution < 1.29 is 27.6 Å². The van der Waals surface area contributed by atoms with Gasteiger partial charge in [0, 0.05) is 31.7 Å². The molecule has 0 saturated heterocycles. The lowest BCUT2D eigenvalue weighted by Crippen LogP contribution is -2.20. The van der Waals surface area contributed by atoms with E-state index in [1.54, 1.807) is 36.4 Å². The molecule has 0 spiro atoms. The highest BCUT2D eigenvalue weighted by molar-refractivity contribution is 9.11. The Labute approximate surface area is 264 Å². The van der Waals surface area contributed by atoms with Gasteiger partial charge in [-0.25, -0.2) is 4.98 Å². The summed E-state index contributed by atoms with van der Waals surface area (Å²) in [7, 11) is 1.31. The van der Waals surface area contributed by atoms with Crippen LogP contribution >= 0.6 is 31.9 Å². The van der Waals surface area contributed by atoms with Gasteiger partial charge in [-0.15, -0.1) is 0 Å². The number of alkyl halides is 3. The average Bonchev–Trinajstić information content (AvgIpc) is 2.99. The Kier molecular flexibility index (Phi) is 8.83. The minimum atomic E-state index is -4.63. The van der Waals surface area contributed by atoms with Crippen molar-refractivity contribution in [2.75, 3.05) is 7.11 Å². The second-order valence-corrected chi connectivity index (χ2v) is 11.0. The number of nitro benzene ring substituents is 1. The van der Waals surface area contributed by atoms with Crippen molar-refractivity contribution in [3.63, 3.8) is 0 Å². The van der Waals surface area contributed by atoms with E-state index in [1.165, 1.54) is 37.4 Å². The summed E-state index contributed by atoms with van der Waals surface area (Å²) in [6, 6.07) is 18.7. The van der Waals surface area contributed by atoms with E-state index in [0.717, 1.165) is 37.5 Å². The van der Waals surface area contributed by atoms with Gasteiger partial charge in [-0.1, -0.05) is 62.2 Å². The second-order valence-electron chi connectivity index (χ2n) is 9.25. The first-order valence-corrected chi connectivity index (χ1v) is 14.2. The highest BCUT2D eigenvalue weighted by Gasteiger charge is 2.31. The fourth-order valence-corrected chi connectivity index (χ4v) is 5.44. The Morgan fingerprint density at radius 1 is 1.05 bits per heavy atom. The normalized spacial score (nSPS) is 11.7. The third kappa shape index (κ3) is 6.50. The first-order valence-electron chi connectivity index (χ1n) is 12.6. The van der Waals surface area contributed by atoms with Crippen LogP contribution in [0.15, 0.2) is 97.7 Å². The number of hydrogen-bond donors (Lipinski definition) is 0. The van der Waals surface area contributed by atoms with E-state index in [9.17, 15) is 28.1 Å². The zero-order valence-corrected chi connectivity index (χ0v) is 25.7. The Hall–Kier alpha value is -4.56. The number of nitrogens with zero attached hydrogens (tertiary/aromatic N) is 4. The molecule has 5 rings (SSSR count). The molecule has 0 atom stereocenters. The summed E-state index contributed by atoms with van der Waals surface area (Å²) < 4.78 is 54.1. The first kappa shape index (κ1) is 30.9. The Morgan fingerprint density at radius 2 is 1.82 bits per heavy atom. The molecule has 5 aromatic rings. The summed E-state index contributed by atoms with van der Waals surface area (Å²) in [5.74, 6) is -0.257. The Morgan fingerprint density at radius 3 is 2.52 bits per heavy atom. The molecule has 0 aliphatic heterocycles. The van der Waals surface area contributed by atoms with Gasteiger partial charge in [0.25, 0.3) is 5.56 Å². The van der Waals surface area contributed by atoms with E-state index >= 15 is 0 Å². The van der Waals surface area contributed by atoms with Crippen LogP contribution in [0.4, 0.5) is 18.9 Å². The van der Waals surface area contributed by atoms with Gasteiger partial charge in [0.05, 0.1) is 34.7 Å². The monoisotopic (exact) mass is 730 g/mol. The summed E-state index contributed by atoms with van der Waals surface area (Å²) in [6.45, 7) is -0.0169. The summed E-state index contributed by atoms with van der Waals surface area (Å²) >= 11 is 6.80. The van der Waals surface area contributed by atoms with E-state index in [4.69, 9.17) is 9.47 Å². The van der Waals surface area contributed by atoms with Crippen molar-refractivity contribution in [2.45, 2.75) is 12.8 Å². The third-order valence-corrected chi connectivity index (χ3v) is 7.62. The molecule has 0 radical (unpaired) electrons. The molecule has 44 heavy (non-hydrogen) atoms. The molecule has 0 fully saturated rings. The Bertz CT molecular complexity index is 2000. The summed E-state index contributed by atoms with van der Waals surface area (Å²) in [6.07, 6.45) is -3.48. The average molecular weight is 732 g/mol. The zero-order valence-electron chi connectivity index (χ0n) is 22.5. The van der Waals surface area contributed by atoms with Gasteiger partial charge < -0.3 is 9.47 Å². The van der Waals surface area contributed by atoms with Crippen LogP contribution in [0, 0.1) is 10.1 Å². The lowest BCUT2D eigenvalue weighted by Gasteiger charge is -2.13. The SMILES string of the molecule is COc1cc(C=Nn2c(-c3cccc(C(F)(F)F)c3)nc3ccccc3c2=O)cc([N+](=O)[O-])c1OCc1ccc(Br)cc1Br. The van der Waals surface area contributed by atoms with Crippen LogP contribution in [0.25, 0.3) is 22.3 Å². The number of methoxy groups -OCH3 is 1. The predicted molar refractivity (Wildman–Crippen MR) is 165 cm³/mol. The van der Waals surface area contributed by atoms with E-state index in [1.807, 2.05) is 0 Å². The van der Waals surface area contributed by atoms with Crippen molar-refractivity contribution in [1.29, 1.82) is 0 Å². The number of nitro groups is 1. The molecule has 0 saturated carbocycles. The highest BCUT2D eigenvalue weighted by atomic mass is 79.9. The maximum absolute atomic E-state index is 13.5. The lowest BCUT2D eigenvalue weighted by atomic mass is 10.1. The minimum absolute atomic E-state index is 0.00811. The van der Waals surface area contributed by atoms with Crippen LogP contribution in [-0.4, -0.2) is 27.9 Å². The molecule has 14 heteroatoms. The van der Waals surface area contributed by atoms with Crippen LogP contribution in [0.2, 0.25) is 0 Å². The number of halogens is 5. The fraction of sp³-hybridized carbons (Fsp3) is 0.100. The summed E-state index contributed by atoms with van der Waals surface area (Å²) in [5.41, 5.74) is -0.888. The molecule has 0 amide bonds. The van der Waals surface area contributed by atoms with Crippen LogP contribution in [0.1, 0.15) is 16.7 Å². The number of benzene rings is 4. The van der Waals surface area contributed by atoms with Crippen molar-refractivity contribution in [1.82, 2.24) is 9.66 Å². The fourth-order valence-electron chi connectivity index (χ4n) is 4.28. The van der Waals surface area contributed by atoms with Gasteiger partial charge in [-0.3, -0.25) is 14.9 Å². The second kappa shape index (κ2) is 12.6. The van der Waals surface area contributed by atoms with Gasteiger partial charge in [0.15, 0.2) is 11.6 Å². The molecular weight excluding hydrogens is 713 g/mol.